The molecule has 3 N–H and O–H groups in total. The van der Waals surface area contributed by atoms with E-state index in [2.05, 4.69) is 36.8 Å². The topological polar surface area (TPSA) is 117 Å². The molecule has 4 rings (SSSR count). The lowest BCUT2D eigenvalue weighted by atomic mass is 9.77. The number of nitrogens with one attached hydrogen (secondary N) is 2. The predicted molar refractivity (Wildman–Crippen MR) is 123 cm³/mol. The van der Waals surface area contributed by atoms with E-state index < -0.39 is 11.9 Å². The smallest absolute Gasteiger partial charge is 0.320 e. The van der Waals surface area contributed by atoms with Gasteiger partial charge in [0, 0.05) is 22.3 Å². The Morgan fingerprint density at radius 1 is 0.969 bits per heavy atom. The maximum Gasteiger partial charge on any atom is 0.320 e. The monoisotopic (exact) mass is 498 g/mol. The lowest BCUT2D eigenvalue weighted by Crippen LogP contribution is -2.16. The highest BCUT2D eigenvalue weighted by molar-refractivity contribution is 9.10. The molecule has 1 aromatic heterocycles. The lowest BCUT2D eigenvalue weighted by Gasteiger charge is -2.28. The number of aliphatic carboxylic acids is 1. The van der Waals surface area contributed by atoms with E-state index >= 15 is 0 Å². The molecule has 9 heteroatoms. The first-order valence-corrected chi connectivity index (χ1v) is 11.2. The summed E-state index contributed by atoms with van der Waals surface area (Å²) in [7, 11) is 0. The first-order valence-electron chi connectivity index (χ1n) is 10.5. The molecular formula is C23H23BrN4O4. The van der Waals surface area contributed by atoms with Gasteiger partial charge in [0.15, 0.2) is 0 Å². The van der Waals surface area contributed by atoms with Gasteiger partial charge in [-0.1, -0.05) is 33.2 Å². The standard InChI is InChI=1S/C23H23BrN4O4/c24-17-7-11-19(12-8-17)26-23-28-27-22(32-23)21(31)25-18-9-5-16(6-10-18)15-3-1-14(2-4-15)13-20(29)30/h5-12,14-15H,1-4,13H2,(H,25,31)(H,26,28)(H,29,30). The molecule has 1 aliphatic carbocycles. The molecular weight excluding hydrogens is 476 g/mol. The molecule has 1 fully saturated rings. The van der Waals surface area contributed by atoms with Crippen LogP contribution in [0, 0.1) is 5.92 Å². The number of hydrogen-bond acceptors (Lipinski definition) is 6. The highest BCUT2D eigenvalue weighted by atomic mass is 79.9. The van der Waals surface area contributed by atoms with Crippen LogP contribution in [-0.4, -0.2) is 27.2 Å². The zero-order valence-electron chi connectivity index (χ0n) is 17.3. The number of rotatable bonds is 7. The number of anilines is 3. The summed E-state index contributed by atoms with van der Waals surface area (Å²) < 4.78 is 6.36. The molecule has 0 spiro atoms. The summed E-state index contributed by atoms with van der Waals surface area (Å²) in [5.41, 5.74) is 2.60. The molecule has 32 heavy (non-hydrogen) atoms. The SMILES string of the molecule is O=C(O)CC1CCC(c2ccc(NC(=O)c3nnc(Nc4ccc(Br)cc4)o3)cc2)CC1. The molecule has 1 aliphatic rings. The highest BCUT2D eigenvalue weighted by Crippen LogP contribution is 2.37. The summed E-state index contributed by atoms with van der Waals surface area (Å²) in [5.74, 6) is -0.632. The van der Waals surface area contributed by atoms with Gasteiger partial charge in [0.1, 0.15) is 0 Å². The highest BCUT2D eigenvalue weighted by Gasteiger charge is 2.24. The maximum absolute atomic E-state index is 12.4. The molecule has 2 aromatic carbocycles. The van der Waals surface area contributed by atoms with Crippen LogP contribution in [0.4, 0.5) is 17.4 Å². The van der Waals surface area contributed by atoms with Crippen LogP contribution in [0.15, 0.2) is 57.4 Å². The number of benzene rings is 2. The molecule has 0 radical (unpaired) electrons. The van der Waals surface area contributed by atoms with Crippen molar-refractivity contribution < 1.29 is 19.1 Å². The normalized spacial score (nSPS) is 18.2. The van der Waals surface area contributed by atoms with Crippen molar-refractivity contribution in [1.82, 2.24) is 10.2 Å². The number of aromatic nitrogens is 2. The molecule has 0 atom stereocenters. The first-order chi connectivity index (χ1) is 15.5. The molecule has 0 bridgehead atoms. The quantitative estimate of drug-likeness (QED) is 0.389. The average molecular weight is 499 g/mol. The van der Waals surface area contributed by atoms with Gasteiger partial charge < -0.3 is 20.2 Å². The number of carbonyl (C=O) groups excluding carboxylic acids is 1. The van der Waals surface area contributed by atoms with Crippen molar-refractivity contribution in [2.45, 2.75) is 38.0 Å². The van der Waals surface area contributed by atoms with Crippen molar-refractivity contribution in [3.05, 3.63) is 64.5 Å². The molecule has 3 aromatic rings. The van der Waals surface area contributed by atoms with Crippen LogP contribution in [-0.2, 0) is 4.79 Å². The van der Waals surface area contributed by atoms with Crippen LogP contribution < -0.4 is 10.6 Å². The Morgan fingerprint density at radius 2 is 1.62 bits per heavy atom. The summed E-state index contributed by atoms with van der Waals surface area (Å²) in [4.78, 5) is 23.3. The van der Waals surface area contributed by atoms with Crippen LogP contribution in [0.3, 0.4) is 0 Å². The number of halogens is 1. The van der Waals surface area contributed by atoms with Gasteiger partial charge in [-0.05, 0) is 79.5 Å². The van der Waals surface area contributed by atoms with E-state index in [0.29, 0.717) is 11.6 Å². The van der Waals surface area contributed by atoms with Crippen LogP contribution in [0.2, 0.25) is 0 Å². The third-order valence-corrected chi connectivity index (χ3v) is 6.19. The second-order valence-electron chi connectivity index (χ2n) is 7.94. The molecule has 0 unspecified atom stereocenters. The number of amides is 1. The van der Waals surface area contributed by atoms with E-state index in [1.54, 1.807) is 0 Å². The van der Waals surface area contributed by atoms with Gasteiger partial charge in [-0.3, -0.25) is 9.59 Å². The van der Waals surface area contributed by atoms with Gasteiger partial charge in [0.05, 0.1) is 0 Å². The van der Waals surface area contributed by atoms with E-state index in [1.807, 2.05) is 48.5 Å². The number of nitrogens with zero attached hydrogens (tertiary/aromatic N) is 2. The van der Waals surface area contributed by atoms with Crippen LogP contribution >= 0.6 is 15.9 Å². The number of carbonyl (C=O) groups is 2. The molecule has 0 saturated heterocycles. The minimum Gasteiger partial charge on any atom is -0.481 e. The summed E-state index contributed by atoms with van der Waals surface area (Å²) in [5, 5.41) is 22.3. The minimum atomic E-state index is -0.717. The van der Waals surface area contributed by atoms with Gasteiger partial charge in [-0.25, -0.2) is 0 Å². The Labute approximate surface area is 193 Å². The maximum atomic E-state index is 12.4. The average Bonchev–Trinajstić information content (AvgIpc) is 3.25. The first kappa shape index (κ1) is 22.0. The molecule has 1 heterocycles. The third kappa shape index (κ3) is 5.73. The van der Waals surface area contributed by atoms with Crippen molar-refractivity contribution >= 4 is 45.2 Å². The molecule has 8 nitrogen and oxygen atoms in total. The predicted octanol–water partition coefficient (Wildman–Crippen LogP) is 5.58. The van der Waals surface area contributed by atoms with E-state index in [9.17, 15) is 9.59 Å². The fourth-order valence-electron chi connectivity index (χ4n) is 3.99. The van der Waals surface area contributed by atoms with Crippen LogP contribution in [0.25, 0.3) is 0 Å². The molecule has 1 amide bonds. The fraction of sp³-hybridized carbons (Fsp3) is 0.304. The van der Waals surface area contributed by atoms with Crippen molar-refractivity contribution in [3.63, 3.8) is 0 Å². The zero-order valence-corrected chi connectivity index (χ0v) is 18.8. The van der Waals surface area contributed by atoms with Crippen molar-refractivity contribution in [2.24, 2.45) is 5.92 Å². The van der Waals surface area contributed by atoms with Crippen LogP contribution in [0.5, 0.6) is 0 Å². The summed E-state index contributed by atoms with van der Waals surface area (Å²) in [6.07, 6.45) is 4.10. The second kappa shape index (κ2) is 9.95. The number of carboxylic acid groups (broad SMARTS) is 1. The number of hydrogen-bond donors (Lipinski definition) is 3. The lowest BCUT2D eigenvalue weighted by molar-refractivity contribution is -0.138. The van der Waals surface area contributed by atoms with E-state index in [0.717, 1.165) is 35.8 Å². The second-order valence-corrected chi connectivity index (χ2v) is 8.85. The molecule has 0 aliphatic heterocycles. The van der Waals surface area contributed by atoms with Crippen molar-refractivity contribution in [3.8, 4) is 0 Å². The Morgan fingerprint density at radius 3 is 2.28 bits per heavy atom. The fourth-order valence-corrected chi connectivity index (χ4v) is 4.26. The third-order valence-electron chi connectivity index (χ3n) is 5.66. The van der Waals surface area contributed by atoms with E-state index in [4.69, 9.17) is 9.52 Å². The summed E-state index contributed by atoms with van der Waals surface area (Å²) >= 11 is 3.37. The Bertz CT molecular complexity index is 1070. The van der Waals surface area contributed by atoms with Gasteiger partial charge in [0.2, 0.25) is 0 Å². The van der Waals surface area contributed by atoms with Gasteiger partial charge in [-0.2, -0.15) is 0 Å². The largest absolute Gasteiger partial charge is 0.481 e. The van der Waals surface area contributed by atoms with E-state index in [-0.39, 0.29) is 24.2 Å². The number of carboxylic acids is 1. The summed E-state index contributed by atoms with van der Waals surface area (Å²) in [6, 6.07) is 15.3. The molecule has 166 valence electrons. The van der Waals surface area contributed by atoms with Crippen molar-refractivity contribution in [2.75, 3.05) is 10.6 Å². The van der Waals surface area contributed by atoms with E-state index in [1.165, 1.54) is 5.56 Å². The summed E-state index contributed by atoms with van der Waals surface area (Å²) in [6.45, 7) is 0. The van der Waals surface area contributed by atoms with Gasteiger partial charge in [0.25, 0.3) is 0 Å². The Balaban J connectivity index is 1.31. The Kier molecular flexibility index (Phi) is 6.84. The minimum absolute atomic E-state index is 0.131. The van der Waals surface area contributed by atoms with Crippen LogP contribution in [0.1, 0.15) is 54.3 Å². The Hall–Kier alpha value is -3.20. The molecule has 1 saturated carbocycles. The van der Waals surface area contributed by atoms with Crippen molar-refractivity contribution in [1.29, 1.82) is 0 Å². The van der Waals surface area contributed by atoms with Gasteiger partial charge in [-0.15, -0.1) is 5.10 Å². The zero-order chi connectivity index (χ0) is 22.5. The van der Waals surface area contributed by atoms with Gasteiger partial charge >= 0.3 is 23.8 Å².